The molecule has 2 amide bonds. The van der Waals surface area contributed by atoms with Gasteiger partial charge in [0.1, 0.15) is 0 Å². The maximum atomic E-state index is 12.3. The Bertz CT molecular complexity index is 996. The lowest BCUT2D eigenvalue weighted by atomic mass is 9.76. The van der Waals surface area contributed by atoms with Crippen molar-refractivity contribution in [2.75, 3.05) is 16.8 Å². The number of hydrogen-bond donors (Lipinski definition) is 1. The Balaban J connectivity index is 0.000000186. The van der Waals surface area contributed by atoms with E-state index in [1.807, 2.05) is 4.90 Å². The highest BCUT2D eigenvalue weighted by Gasteiger charge is 2.47. The van der Waals surface area contributed by atoms with Gasteiger partial charge in [-0.05, 0) is 61.9 Å². The highest BCUT2D eigenvalue weighted by molar-refractivity contribution is 5.99. The van der Waals surface area contributed by atoms with Gasteiger partial charge in [0, 0.05) is 23.8 Å². The molecule has 1 saturated heterocycles. The molecule has 1 aliphatic carbocycles. The monoisotopic (exact) mass is 472 g/mol. The molecule has 2 fully saturated rings. The number of aryl methyl sites for hydroxylation is 2. The maximum absolute atomic E-state index is 12.3. The van der Waals surface area contributed by atoms with Crippen LogP contribution in [0.2, 0.25) is 0 Å². The van der Waals surface area contributed by atoms with E-state index in [-0.39, 0.29) is 12.5 Å². The van der Waals surface area contributed by atoms with E-state index in [0.717, 1.165) is 18.7 Å². The van der Waals surface area contributed by atoms with Crippen LogP contribution in [0.4, 0.5) is 37.7 Å². The van der Waals surface area contributed by atoms with Gasteiger partial charge in [-0.15, -0.1) is 0 Å². The van der Waals surface area contributed by atoms with Gasteiger partial charge in [0.05, 0.1) is 11.1 Å². The SMILES string of the molecule is Cc1cccc(C)c1N1CC2CCC2C1=O.O=CNc1cc(C(F)(F)F)cc(C(F)(F)F)c1. The minimum Gasteiger partial charge on any atom is -0.329 e. The van der Waals surface area contributed by atoms with E-state index in [0.29, 0.717) is 29.9 Å². The van der Waals surface area contributed by atoms with Crippen molar-refractivity contribution in [3.8, 4) is 0 Å². The molecule has 0 bridgehead atoms. The third-order valence-corrected chi connectivity index (χ3v) is 5.94. The van der Waals surface area contributed by atoms with E-state index in [1.54, 1.807) is 5.32 Å². The molecule has 33 heavy (non-hydrogen) atoms. The van der Waals surface area contributed by atoms with Crippen LogP contribution in [0.25, 0.3) is 0 Å². The normalized spacial score (nSPS) is 19.9. The molecule has 0 aromatic heterocycles. The lowest BCUT2D eigenvalue weighted by molar-refractivity contribution is -0.143. The zero-order chi connectivity index (χ0) is 24.6. The lowest BCUT2D eigenvalue weighted by Gasteiger charge is -2.25. The fourth-order valence-electron chi connectivity index (χ4n) is 4.18. The molecule has 4 nitrogen and oxygen atoms in total. The zero-order valence-corrected chi connectivity index (χ0v) is 17.8. The number of amides is 2. The summed E-state index contributed by atoms with van der Waals surface area (Å²) in [6.45, 7) is 5.13. The number of halogens is 6. The van der Waals surface area contributed by atoms with Crippen LogP contribution in [0.3, 0.4) is 0 Å². The molecule has 0 spiro atoms. The first-order chi connectivity index (χ1) is 15.3. The molecule has 1 N–H and O–H groups in total. The van der Waals surface area contributed by atoms with Crippen molar-refractivity contribution in [2.24, 2.45) is 11.8 Å². The van der Waals surface area contributed by atoms with Crippen LogP contribution in [0.1, 0.15) is 35.1 Å². The van der Waals surface area contributed by atoms with Gasteiger partial charge < -0.3 is 10.2 Å². The molecule has 178 valence electrons. The molecule has 1 heterocycles. The van der Waals surface area contributed by atoms with E-state index in [2.05, 4.69) is 32.0 Å². The molecule has 2 unspecified atom stereocenters. The van der Waals surface area contributed by atoms with Gasteiger partial charge in [0.25, 0.3) is 0 Å². The Morgan fingerprint density at radius 2 is 1.48 bits per heavy atom. The Labute approximate surface area is 186 Å². The van der Waals surface area contributed by atoms with E-state index in [9.17, 15) is 35.9 Å². The van der Waals surface area contributed by atoms with Crippen molar-refractivity contribution >= 4 is 23.7 Å². The predicted octanol–water partition coefficient (Wildman–Crippen LogP) is 5.97. The number of anilines is 2. The van der Waals surface area contributed by atoms with Gasteiger partial charge in [0.2, 0.25) is 12.3 Å². The van der Waals surface area contributed by atoms with Gasteiger partial charge in [-0.1, -0.05) is 18.2 Å². The Kier molecular flexibility index (Phi) is 6.76. The van der Waals surface area contributed by atoms with Crippen molar-refractivity contribution in [1.82, 2.24) is 0 Å². The summed E-state index contributed by atoms with van der Waals surface area (Å²) in [5.41, 5.74) is 0.0710. The van der Waals surface area contributed by atoms with Gasteiger partial charge in [-0.25, -0.2) is 0 Å². The summed E-state index contributed by atoms with van der Waals surface area (Å²) in [7, 11) is 0. The number of nitrogens with one attached hydrogen (secondary N) is 1. The molecule has 2 aromatic rings. The Hall–Kier alpha value is -3.04. The third kappa shape index (κ3) is 5.31. The summed E-state index contributed by atoms with van der Waals surface area (Å²) in [4.78, 5) is 24.2. The number of para-hydroxylation sites is 1. The van der Waals surface area contributed by atoms with E-state index in [4.69, 9.17) is 0 Å². The molecule has 0 radical (unpaired) electrons. The second-order valence-electron chi connectivity index (χ2n) is 8.19. The van der Waals surface area contributed by atoms with E-state index >= 15 is 0 Å². The van der Waals surface area contributed by atoms with Crippen molar-refractivity contribution in [1.29, 1.82) is 0 Å². The summed E-state index contributed by atoms with van der Waals surface area (Å²) in [6.07, 6.45) is -7.50. The number of rotatable bonds is 3. The van der Waals surface area contributed by atoms with Crippen molar-refractivity contribution in [2.45, 2.75) is 39.0 Å². The molecule has 4 rings (SSSR count). The van der Waals surface area contributed by atoms with Crippen LogP contribution in [-0.4, -0.2) is 18.9 Å². The quantitative estimate of drug-likeness (QED) is 0.442. The Morgan fingerprint density at radius 3 is 1.85 bits per heavy atom. The average molecular weight is 472 g/mol. The third-order valence-electron chi connectivity index (χ3n) is 5.94. The lowest BCUT2D eigenvalue weighted by Crippen LogP contribution is -2.29. The molecule has 2 atom stereocenters. The number of hydrogen-bond acceptors (Lipinski definition) is 2. The number of carbonyl (C=O) groups excluding carboxylic acids is 2. The minimum atomic E-state index is -4.92. The van der Waals surface area contributed by atoms with Crippen molar-refractivity contribution < 1.29 is 35.9 Å². The zero-order valence-electron chi connectivity index (χ0n) is 17.8. The smallest absolute Gasteiger partial charge is 0.329 e. The number of nitrogens with zero attached hydrogens (tertiary/aromatic N) is 1. The van der Waals surface area contributed by atoms with Crippen LogP contribution in [0.5, 0.6) is 0 Å². The van der Waals surface area contributed by atoms with Gasteiger partial charge >= 0.3 is 12.4 Å². The van der Waals surface area contributed by atoms with Gasteiger partial charge in [-0.3, -0.25) is 9.59 Å². The van der Waals surface area contributed by atoms with Crippen LogP contribution in [0, 0.1) is 25.7 Å². The standard InChI is InChI=1S/C14H17NO.C9H5F6NO/c1-9-4-3-5-10(2)13(9)15-8-11-6-7-12(11)14(15)16;10-8(11,12)5-1-6(9(13,14)15)3-7(2-5)16-4-17/h3-5,11-12H,6-8H2,1-2H3;1-4H,(H,16,17). The topological polar surface area (TPSA) is 49.4 Å². The largest absolute Gasteiger partial charge is 0.416 e. The summed E-state index contributed by atoms with van der Waals surface area (Å²) >= 11 is 0. The summed E-state index contributed by atoms with van der Waals surface area (Å²) in [6, 6.07) is 7.07. The van der Waals surface area contributed by atoms with Crippen molar-refractivity contribution in [3.05, 3.63) is 58.7 Å². The summed E-state index contributed by atoms with van der Waals surface area (Å²) in [5, 5.41) is 1.75. The first-order valence-corrected chi connectivity index (χ1v) is 10.2. The minimum absolute atomic E-state index is 0.00432. The molecule has 1 aliphatic heterocycles. The van der Waals surface area contributed by atoms with Crippen LogP contribution in [-0.2, 0) is 21.9 Å². The van der Waals surface area contributed by atoms with Crippen LogP contribution < -0.4 is 10.2 Å². The molecule has 10 heteroatoms. The highest BCUT2D eigenvalue weighted by atomic mass is 19.4. The molecule has 1 saturated carbocycles. The molecular weight excluding hydrogens is 450 g/mol. The second kappa shape index (κ2) is 9.07. The Morgan fingerprint density at radius 1 is 0.939 bits per heavy atom. The first-order valence-electron chi connectivity index (χ1n) is 10.2. The molecule has 2 aromatic carbocycles. The highest BCUT2D eigenvalue weighted by Crippen LogP contribution is 2.44. The van der Waals surface area contributed by atoms with Crippen LogP contribution >= 0.6 is 0 Å². The second-order valence-corrected chi connectivity index (χ2v) is 8.19. The first kappa shape index (κ1) is 24.6. The molecular formula is C23H22F6N2O2. The summed E-state index contributed by atoms with van der Waals surface area (Å²) in [5.74, 6) is 1.32. The van der Waals surface area contributed by atoms with Gasteiger partial charge in [-0.2, -0.15) is 26.3 Å². The number of benzene rings is 2. The predicted molar refractivity (Wildman–Crippen MR) is 111 cm³/mol. The fraction of sp³-hybridized carbons (Fsp3) is 0.391. The number of fused-ring (bicyclic) bond motifs is 1. The van der Waals surface area contributed by atoms with E-state index < -0.39 is 29.2 Å². The maximum Gasteiger partial charge on any atom is 0.416 e. The van der Waals surface area contributed by atoms with Crippen molar-refractivity contribution in [3.63, 3.8) is 0 Å². The van der Waals surface area contributed by atoms with Crippen LogP contribution in [0.15, 0.2) is 36.4 Å². The fourth-order valence-corrected chi connectivity index (χ4v) is 4.18. The number of carbonyl (C=O) groups is 2. The van der Waals surface area contributed by atoms with E-state index in [1.165, 1.54) is 17.5 Å². The average Bonchev–Trinajstić information content (AvgIpc) is 2.89. The summed E-state index contributed by atoms with van der Waals surface area (Å²) < 4.78 is 73.8. The number of alkyl halides is 6. The molecule has 2 aliphatic rings. The van der Waals surface area contributed by atoms with Gasteiger partial charge in [0.15, 0.2) is 0 Å².